The Morgan fingerprint density at radius 1 is 1.52 bits per heavy atom. The summed E-state index contributed by atoms with van der Waals surface area (Å²) in [6.45, 7) is 0.451. The molecule has 1 unspecified atom stereocenters. The first-order valence-corrected chi connectivity index (χ1v) is 7.80. The van der Waals surface area contributed by atoms with E-state index in [0.29, 0.717) is 29.3 Å². The predicted molar refractivity (Wildman–Crippen MR) is 82.6 cm³/mol. The molecule has 118 valence electrons. The van der Waals surface area contributed by atoms with Gasteiger partial charge in [-0.05, 0) is 23.1 Å². The Kier molecular flexibility index (Phi) is 3.15. The minimum Gasteiger partial charge on any atom is -0.493 e. The molecule has 1 N–H and O–H groups in total. The molecule has 0 saturated carbocycles. The number of aromatic nitrogens is 2. The van der Waals surface area contributed by atoms with E-state index in [1.165, 1.54) is 27.9 Å². The fourth-order valence-corrected chi connectivity index (χ4v) is 3.43. The second kappa shape index (κ2) is 5.20. The molecule has 0 amide bonds. The first-order valence-electron chi connectivity index (χ1n) is 6.92. The summed E-state index contributed by atoms with van der Waals surface area (Å²) in [5.41, 5.74) is 0.641. The van der Waals surface area contributed by atoms with Gasteiger partial charge in [0.25, 0.3) is 4.96 Å². The second-order valence-corrected chi connectivity index (χ2v) is 5.99. The van der Waals surface area contributed by atoms with Crippen LogP contribution >= 0.6 is 11.3 Å². The first-order chi connectivity index (χ1) is 11.1. The minimum atomic E-state index is -0.471. The van der Waals surface area contributed by atoms with Gasteiger partial charge in [-0.15, -0.1) is 0 Å². The molecule has 0 spiro atoms. The van der Waals surface area contributed by atoms with Crippen LogP contribution < -0.4 is 10.1 Å². The highest BCUT2D eigenvalue weighted by atomic mass is 32.1. The number of thiazole rings is 1. The van der Waals surface area contributed by atoms with E-state index in [1.807, 2.05) is 0 Å². The maximum Gasteiger partial charge on any atom is 0.372 e. The van der Waals surface area contributed by atoms with Crippen LogP contribution in [0.2, 0.25) is 0 Å². The van der Waals surface area contributed by atoms with Gasteiger partial charge in [-0.25, -0.2) is 4.39 Å². The van der Waals surface area contributed by atoms with E-state index in [4.69, 9.17) is 4.74 Å². The maximum absolute atomic E-state index is 13.5. The lowest BCUT2D eigenvalue weighted by Crippen LogP contribution is -2.21. The standard InChI is InChI=1S/C14H11FN4O3S/c15-8-1-2-11-9(7-8)10(3-5-22-11)16-12-13(19(20)21)18-4-6-23-14(18)17-12/h1-2,4,6-7,10,16H,3,5H2. The summed E-state index contributed by atoms with van der Waals surface area (Å²) in [5, 5.41) is 16.2. The highest BCUT2D eigenvalue weighted by molar-refractivity contribution is 7.15. The first kappa shape index (κ1) is 13.9. The molecule has 0 aliphatic carbocycles. The van der Waals surface area contributed by atoms with Crippen LogP contribution in [-0.4, -0.2) is 20.9 Å². The van der Waals surface area contributed by atoms with Crippen molar-refractivity contribution in [2.75, 3.05) is 11.9 Å². The molecule has 3 aromatic rings. The number of imidazole rings is 1. The van der Waals surface area contributed by atoms with Crippen LogP contribution in [0.5, 0.6) is 5.75 Å². The lowest BCUT2D eigenvalue weighted by atomic mass is 10.0. The third-order valence-corrected chi connectivity index (χ3v) is 4.49. The molecule has 0 bridgehead atoms. The number of benzene rings is 1. The number of nitrogens with zero attached hydrogens (tertiary/aromatic N) is 3. The monoisotopic (exact) mass is 334 g/mol. The maximum atomic E-state index is 13.5. The van der Waals surface area contributed by atoms with Gasteiger partial charge in [0.2, 0.25) is 5.82 Å². The zero-order valence-corrected chi connectivity index (χ0v) is 12.5. The van der Waals surface area contributed by atoms with E-state index in [0.717, 1.165) is 0 Å². The van der Waals surface area contributed by atoms with Crippen molar-refractivity contribution >= 4 is 27.9 Å². The quantitative estimate of drug-likeness (QED) is 0.586. The Bertz CT molecular complexity index is 907. The lowest BCUT2D eigenvalue weighted by Gasteiger charge is -2.26. The van der Waals surface area contributed by atoms with Crippen LogP contribution in [-0.2, 0) is 0 Å². The number of hydrogen-bond acceptors (Lipinski definition) is 6. The molecule has 1 aromatic carbocycles. The van der Waals surface area contributed by atoms with Crippen LogP contribution in [0, 0.1) is 15.9 Å². The molecule has 1 aliphatic rings. The lowest BCUT2D eigenvalue weighted by molar-refractivity contribution is -0.389. The van der Waals surface area contributed by atoms with Gasteiger partial charge in [0, 0.05) is 17.4 Å². The van der Waals surface area contributed by atoms with Crippen molar-refractivity contribution in [2.45, 2.75) is 12.5 Å². The molecule has 23 heavy (non-hydrogen) atoms. The number of fused-ring (bicyclic) bond motifs is 2. The Balaban J connectivity index is 1.75. The molecular weight excluding hydrogens is 323 g/mol. The zero-order chi connectivity index (χ0) is 16.0. The number of anilines is 1. The molecule has 0 fully saturated rings. The molecule has 3 heterocycles. The number of ether oxygens (including phenoxy) is 1. The molecule has 2 aromatic heterocycles. The number of halogens is 1. The molecule has 0 saturated heterocycles. The van der Waals surface area contributed by atoms with Gasteiger partial charge >= 0.3 is 5.82 Å². The number of nitrogens with one attached hydrogen (secondary N) is 1. The van der Waals surface area contributed by atoms with E-state index in [1.54, 1.807) is 17.6 Å². The van der Waals surface area contributed by atoms with Crippen molar-refractivity contribution in [1.29, 1.82) is 0 Å². The van der Waals surface area contributed by atoms with Crippen LogP contribution in [0.15, 0.2) is 29.8 Å². The summed E-state index contributed by atoms with van der Waals surface area (Å²) in [5.74, 6) is 0.273. The summed E-state index contributed by atoms with van der Waals surface area (Å²) >= 11 is 1.31. The normalized spacial score (nSPS) is 16.8. The smallest absolute Gasteiger partial charge is 0.372 e. The SMILES string of the molecule is O=[N+]([O-])c1c(NC2CCOc3ccc(F)cc32)nc2sccn12. The molecule has 0 radical (unpaired) electrons. The Morgan fingerprint density at radius 2 is 2.39 bits per heavy atom. The summed E-state index contributed by atoms with van der Waals surface area (Å²) in [7, 11) is 0. The fourth-order valence-electron chi connectivity index (χ4n) is 2.73. The van der Waals surface area contributed by atoms with E-state index < -0.39 is 4.92 Å². The van der Waals surface area contributed by atoms with Crippen LogP contribution in [0.1, 0.15) is 18.0 Å². The van der Waals surface area contributed by atoms with Crippen molar-refractivity contribution in [3.63, 3.8) is 0 Å². The van der Waals surface area contributed by atoms with Crippen LogP contribution in [0.3, 0.4) is 0 Å². The highest BCUT2D eigenvalue weighted by Gasteiger charge is 2.29. The Hall–Kier alpha value is -2.68. The van der Waals surface area contributed by atoms with Gasteiger partial charge in [0.05, 0.1) is 12.6 Å². The van der Waals surface area contributed by atoms with E-state index in [-0.39, 0.29) is 23.5 Å². The van der Waals surface area contributed by atoms with E-state index >= 15 is 0 Å². The topological polar surface area (TPSA) is 81.7 Å². The average molecular weight is 334 g/mol. The van der Waals surface area contributed by atoms with Gasteiger partial charge < -0.3 is 20.2 Å². The van der Waals surface area contributed by atoms with Gasteiger partial charge in [-0.3, -0.25) is 0 Å². The summed E-state index contributed by atoms with van der Waals surface area (Å²) in [4.78, 5) is 15.7. The van der Waals surface area contributed by atoms with Gasteiger partial charge in [-0.1, -0.05) is 11.3 Å². The average Bonchev–Trinajstić information content (AvgIpc) is 3.07. The van der Waals surface area contributed by atoms with Crippen molar-refractivity contribution in [1.82, 2.24) is 9.38 Å². The molecule has 1 atom stereocenters. The fraction of sp³-hybridized carbons (Fsp3) is 0.214. The summed E-state index contributed by atoms with van der Waals surface area (Å²) < 4.78 is 20.5. The van der Waals surface area contributed by atoms with Crippen molar-refractivity contribution < 1.29 is 14.1 Å². The van der Waals surface area contributed by atoms with Gasteiger partial charge in [-0.2, -0.15) is 9.38 Å². The van der Waals surface area contributed by atoms with Crippen molar-refractivity contribution in [2.24, 2.45) is 0 Å². The molecule has 7 nitrogen and oxygen atoms in total. The second-order valence-electron chi connectivity index (χ2n) is 5.11. The highest BCUT2D eigenvalue weighted by Crippen LogP contribution is 2.37. The van der Waals surface area contributed by atoms with Gasteiger partial charge in [0.1, 0.15) is 17.8 Å². The Labute approximate surface area is 133 Å². The van der Waals surface area contributed by atoms with E-state index in [9.17, 15) is 14.5 Å². The Morgan fingerprint density at radius 3 is 3.22 bits per heavy atom. The molecule has 4 rings (SSSR count). The number of nitro groups is 1. The van der Waals surface area contributed by atoms with Crippen molar-refractivity contribution in [3.05, 3.63) is 51.3 Å². The number of rotatable bonds is 3. The molecular formula is C14H11FN4O3S. The number of hydrogen-bond donors (Lipinski definition) is 1. The van der Waals surface area contributed by atoms with Crippen LogP contribution in [0.4, 0.5) is 16.0 Å². The zero-order valence-electron chi connectivity index (χ0n) is 11.7. The van der Waals surface area contributed by atoms with Crippen molar-refractivity contribution in [3.8, 4) is 5.75 Å². The third-order valence-electron chi connectivity index (χ3n) is 3.73. The predicted octanol–water partition coefficient (Wildman–Crippen LogP) is 3.38. The summed E-state index contributed by atoms with van der Waals surface area (Å²) in [6.07, 6.45) is 2.17. The molecule has 9 heteroatoms. The largest absolute Gasteiger partial charge is 0.493 e. The van der Waals surface area contributed by atoms with E-state index in [2.05, 4.69) is 10.3 Å². The third kappa shape index (κ3) is 2.29. The summed E-state index contributed by atoms with van der Waals surface area (Å²) in [6, 6.07) is 3.99. The van der Waals surface area contributed by atoms with Gasteiger partial charge in [0.15, 0.2) is 0 Å². The van der Waals surface area contributed by atoms with Crippen LogP contribution in [0.25, 0.3) is 4.96 Å². The minimum absolute atomic E-state index is 0.120. The molecule has 1 aliphatic heterocycles.